The van der Waals surface area contributed by atoms with Gasteiger partial charge in [-0.3, -0.25) is 0 Å². The molecule has 3 N–H and O–H groups in total. The maximum Gasteiger partial charge on any atom is 0.0769 e. The van der Waals surface area contributed by atoms with Gasteiger partial charge in [0.25, 0.3) is 0 Å². The summed E-state index contributed by atoms with van der Waals surface area (Å²) >= 11 is 0. The monoisotopic (exact) mass is 165 g/mol. The van der Waals surface area contributed by atoms with E-state index in [1.165, 1.54) is 6.42 Å². The first-order valence-corrected chi connectivity index (χ1v) is 3.59. The Morgan fingerprint density at radius 1 is 1.60 bits per heavy atom. The summed E-state index contributed by atoms with van der Waals surface area (Å²) in [6.45, 7) is 2.23. The van der Waals surface area contributed by atoms with Gasteiger partial charge < -0.3 is 10.8 Å². The van der Waals surface area contributed by atoms with Crippen LogP contribution in [-0.4, -0.2) is 17.3 Å². The zero-order valence-electron chi connectivity index (χ0n) is 6.34. The first kappa shape index (κ1) is 10.2. The molecule has 1 aliphatic carbocycles. The third kappa shape index (κ3) is 1.84. The maximum absolute atomic E-state index is 9.52. The lowest BCUT2D eigenvalue weighted by atomic mass is 9.74. The molecule has 0 aromatic carbocycles. The van der Waals surface area contributed by atoms with E-state index in [1.54, 1.807) is 0 Å². The summed E-state index contributed by atoms with van der Waals surface area (Å²) in [4.78, 5) is 0. The molecule has 1 aliphatic rings. The van der Waals surface area contributed by atoms with Crippen LogP contribution in [0.1, 0.15) is 26.2 Å². The quantitative estimate of drug-likeness (QED) is 0.639. The highest BCUT2D eigenvalue weighted by Gasteiger charge is 2.34. The summed E-state index contributed by atoms with van der Waals surface area (Å²) in [5, 5.41) is 9.52. The Kier molecular flexibility index (Phi) is 3.63. The van der Waals surface area contributed by atoms with Crippen molar-refractivity contribution in [3.8, 4) is 0 Å². The standard InChI is InChI=1S/C7H15NO.ClH/c1-7(9,5-8)6-3-2-4-6;/h6,9H,2-5,8H2,1H3;1H. The van der Waals surface area contributed by atoms with Crippen molar-refractivity contribution in [3.05, 3.63) is 0 Å². The molecule has 3 heteroatoms. The molecule has 0 saturated heterocycles. The molecule has 1 rings (SSSR count). The highest BCUT2D eigenvalue weighted by Crippen LogP contribution is 2.35. The molecule has 10 heavy (non-hydrogen) atoms. The zero-order chi connectivity index (χ0) is 6.91. The number of rotatable bonds is 2. The summed E-state index contributed by atoms with van der Waals surface area (Å²) in [6, 6.07) is 0. The van der Waals surface area contributed by atoms with E-state index < -0.39 is 5.60 Å². The third-order valence-corrected chi connectivity index (χ3v) is 2.40. The molecule has 1 unspecified atom stereocenters. The maximum atomic E-state index is 9.52. The highest BCUT2D eigenvalue weighted by atomic mass is 35.5. The van der Waals surface area contributed by atoms with Crippen molar-refractivity contribution in [2.45, 2.75) is 31.8 Å². The minimum atomic E-state index is -0.585. The van der Waals surface area contributed by atoms with Gasteiger partial charge in [0.05, 0.1) is 5.60 Å². The molecule has 0 spiro atoms. The van der Waals surface area contributed by atoms with Crippen LogP contribution in [0.5, 0.6) is 0 Å². The average molecular weight is 166 g/mol. The van der Waals surface area contributed by atoms with Crippen molar-refractivity contribution in [1.82, 2.24) is 0 Å². The molecule has 0 aromatic heterocycles. The molecule has 1 atom stereocenters. The van der Waals surface area contributed by atoms with E-state index in [-0.39, 0.29) is 12.4 Å². The molecule has 0 radical (unpaired) electrons. The Morgan fingerprint density at radius 2 is 2.10 bits per heavy atom. The highest BCUT2D eigenvalue weighted by molar-refractivity contribution is 5.85. The molecule has 0 aliphatic heterocycles. The van der Waals surface area contributed by atoms with E-state index in [2.05, 4.69) is 0 Å². The van der Waals surface area contributed by atoms with Crippen LogP contribution in [-0.2, 0) is 0 Å². The van der Waals surface area contributed by atoms with Crippen LogP contribution < -0.4 is 5.73 Å². The minimum Gasteiger partial charge on any atom is -0.389 e. The summed E-state index contributed by atoms with van der Waals surface area (Å²) in [6.07, 6.45) is 3.58. The van der Waals surface area contributed by atoms with Crippen molar-refractivity contribution in [3.63, 3.8) is 0 Å². The van der Waals surface area contributed by atoms with Crippen molar-refractivity contribution in [1.29, 1.82) is 0 Å². The molecule has 0 aromatic rings. The molecule has 0 amide bonds. The fraction of sp³-hybridized carbons (Fsp3) is 1.00. The van der Waals surface area contributed by atoms with E-state index >= 15 is 0 Å². The van der Waals surface area contributed by atoms with Crippen LogP contribution in [0.15, 0.2) is 0 Å². The smallest absolute Gasteiger partial charge is 0.0769 e. The van der Waals surface area contributed by atoms with Gasteiger partial charge >= 0.3 is 0 Å². The Hall–Kier alpha value is 0.210. The zero-order valence-corrected chi connectivity index (χ0v) is 7.16. The summed E-state index contributed by atoms with van der Waals surface area (Å²) in [5.74, 6) is 0.475. The van der Waals surface area contributed by atoms with Crippen LogP contribution in [0.25, 0.3) is 0 Å². The van der Waals surface area contributed by atoms with Gasteiger partial charge in [0.2, 0.25) is 0 Å². The van der Waals surface area contributed by atoms with Crippen molar-refractivity contribution in [2.24, 2.45) is 11.7 Å². The normalized spacial score (nSPS) is 24.3. The molecule has 62 valence electrons. The summed E-state index contributed by atoms with van der Waals surface area (Å²) in [7, 11) is 0. The Bertz CT molecular complexity index is 102. The van der Waals surface area contributed by atoms with E-state index in [0.717, 1.165) is 12.8 Å². The Balaban J connectivity index is 0.000000810. The molecule has 0 bridgehead atoms. The van der Waals surface area contributed by atoms with Gasteiger partial charge in [-0.2, -0.15) is 0 Å². The second kappa shape index (κ2) is 3.56. The van der Waals surface area contributed by atoms with Crippen LogP contribution in [0.4, 0.5) is 0 Å². The van der Waals surface area contributed by atoms with E-state index in [1.807, 2.05) is 6.92 Å². The largest absolute Gasteiger partial charge is 0.389 e. The van der Waals surface area contributed by atoms with Gasteiger partial charge in [-0.15, -0.1) is 12.4 Å². The SMILES string of the molecule is CC(O)(CN)C1CCC1.Cl. The second-order valence-electron chi connectivity index (χ2n) is 3.19. The summed E-state index contributed by atoms with van der Waals surface area (Å²) in [5.41, 5.74) is 4.78. The fourth-order valence-corrected chi connectivity index (χ4v) is 1.20. The number of nitrogens with two attached hydrogens (primary N) is 1. The van der Waals surface area contributed by atoms with Crippen molar-refractivity contribution in [2.75, 3.05) is 6.54 Å². The van der Waals surface area contributed by atoms with Crippen LogP contribution >= 0.6 is 12.4 Å². The molecule has 1 saturated carbocycles. The Morgan fingerprint density at radius 3 is 2.20 bits per heavy atom. The van der Waals surface area contributed by atoms with E-state index in [0.29, 0.717) is 12.5 Å². The Labute approximate surface area is 68.2 Å². The van der Waals surface area contributed by atoms with Gasteiger partial charge in [0.15, 0.2) is 0 Å². The first-order valence-electron chi connectivity index (χ1n) is 3.59. The lowest BCUT2D eigenvalue weighted by Gasteiger charge is -2.37. The van der Waals surface area contributed by atoms with Gasteiger partial charge in [-0.25, -0.2) is 0 Å². The molecular weight excluding hydrogens is 150 g/mol. The van der Waals surface area contributed by atoms with Crippen LogP contribution in [0, 0.1) is 5.92 Å². The number of hydrogen-bond acceptors (Lipinski definition) is 2. The summed E-state index contributed by atoms with van der Waals surface area (Å²) < 4.78 is 0. The van der Waals surface area contributed by atoms with Crippen LogP contribution in [0.3, 0.4) is 0 Å². The van der Waals surface area contributed by atoms with Gasteiger partial charge in [0, 0.05) is 6.54 Å². The van der Waals surface area contributed by atoms with Crippen molar-refractivity contribution < 1.29 is 5.11 Å². The van der Waals surface area contributed by atoms with Gasteiger partial charge in [-0.1, -0.05) is 6.42 Å². The molecule has 1 fully saturated rings. The topological polar surface area (TPSA) is 46.2 Å². The second-order valence-corrected chi connectivity index (χ2v) is 3.19. The van der Waals surface area contributed by atoms with Gasteiger partial charge in [-0.05, 0) is 25.7 Å². The first-order chi connectivity index (χ1) is 4.17. The molecule has 0 heterocycles. The van der Waals surface area contributed by atoms with E-state index in [9.17, 15) is 5.11 Å². The molecule has 2 nitrogen and oxygen atoms in total. The van der Waals surface area contributed by atoms with Crippen molar-refractivity contribution >= 4 is 12.4 Å². The predicted molar refractivity (Wildman–Crippen MR) is 44.3 cm³/mol. The van der Waals surface area contributed by atoms with E-state index in [4.69, 9.17) is 5.73 Å². The lowest BCUT2D eigenvalue weighted by Crippen LogP contribution is -2.44. The predicted octanol–water partition coefficient (Wildman–Crippen LogP) is 0.918. The van der Waals surface area contributed by atoms with Gasteiger partial charge in [0.1, 0.15) is 0 Å². The number of aliphatic hydroxyl groups is 1. The average Bonchev–Trinajstić information content (AvgIpc) is 1.60. The minimum absolute atomic E-state index is 0. The number of hydrogen-bond donors (Lipinski definition) is 2. The number of halogens is 1. The molecular formula is C7H16ClNO. The third-order valence-electron chi connectivity index (χ3n) is 2.40. The van der Waals surface area contributed by atoms with Crippen LogP contribution in [0.2, 0.25) is 0 Å². The fourth-order valence-electron chi connectivity index (χ4n) is 1.20. The lowest BCUT2D eigenvalue weighted by molar-refractivity contribution is -0.0264.